The van der Waals surface area contributed by atoms with Crippen molar-refractivity contribution in [1.82, 2.24) is 0 Å². The van der Waals surface area contributed by atoms with Crippen molar-refractivity contribution in [3.8, 4) is 11.5 Å². The first kappa shape index (κ1) is 16.1. The summed E-state index contributed by atoms with van der Waals surface area (Å²) in [5.41, 5.74) is 0.490. The molecular formula is C15H13BrClFO3. The number of benzene rings is 2. The molecule has 6 heteroatoms. The van der Waals surface area contributed by atoms with Crippen molar-refractivity contribution in [1.29, 1.82) is 0 Å². The number of aliphatic hydroxyl groups is 1. The van der Waals surface area contributed by atoms with Gasteiger partial charge in [0.2, 0.25) is 0 Å². The molecule has 0 bridgehead atoms. The fourth-order valence-electron chi connectivity index (χ4n) is 2.02. The fraction of sp³-hybridized carbons (Fsp3) is 0.200. The highest BCUT2D eigenvalue weighted by molar-refractivity contribution is 9.10. The Balaban J connectivity index is 2.51. The molecule has 0 fully saturated rings. The third-order valence-corrected chi connectivity index (χ3v) is 3.85. The van der Waals surface area contributed by atoms with Gasteiger partial charge in [-0.05, 0) is 40.2 Å². The zero-order valence-corrected chi connectivity index (χ0v) is 13.7. The molecule has 1 atom stereocenters. The normalized spacial score (nSPS) is 12.1. The number of rotatable bonds is 4. The highest BCUT2D eigenvalue weighted by Gasteiger charge is 2.21. The standard InChI is InChI=1S/C15H13BrClFO3/c1-20-9-3-4-10(13(18)7-9)14(19)11-5-8(17)6-12(16)15(11)21-2/h3-7,14,19H,1-2H3. The van der Waals surface area contributed by atoms with E-state index in [1.54, 1.807) is 18.2 Å². The van der Waals surface area contributed by atoms with E-state index in [0.717, 1.165) is 0 Å². The van der Waals surface area contributed by atoms with Crippen LogP contribution in [0.4, 0.5) is 4.39 Å². The van der Waals surface area contributed by atoms with Gasteiger partial charge >= 0.3 is 0 Å². The Bertz CT molecular complexity index is 664. The van der Waals surface area contributed by atoms with E-state index in [0.29, 0.717) is 26.6 Å². The predicted octanol–water partition coefficient (Wildman–Crippen LogP) is 4.34. The maximum Gasteiger partial charge on any atom is 0.139 e. The van der Waals surface area contributed by atoms with E-state index in [-0.39, 0.29) is 5.56 Å². The summed E-state index contributed by atoms with van der Waals surface area (Å²) in [6.45, 7) is 0. The topological polar surface area (TPSA) is 38.7 Å². The van der Waals surface area contributed by atoms with Crippen LogP contribution >= 0.6 is 27.5 Å². The summed E-state index contributed by atoms with van der Waals surface area (Å²) in [4.78, 5) is 0. The number of aliphatic hydroxyl groups excluding tert-OH is 1. The molecule has 0 aromatic heterocycles. The van der Waals surface area contributed by atoms with Gasteiger partial charge in [0.25, 0.3) is 0 Å². The summed E-state index contributed by atoms with van der Waals surface area (Å²) in [6, 6.07) is 7.44. The third-order valence-electron chi connectivity index (χ3n) is 3.04. The van der Waals surface area contributed by atoms with Crippen LogP contribution in [0.5, 0.6) is 11.5 Å². The number of hydrogen-bond acceptors (Lipinski definition) is 3. The zero-order chi connectivity index (χ0) is 15.6. The molecule has 0 aliphatic carbocycles. The molecular weight excluding hydrogens is 363 g/mol. The summed E-state index contributed by atoms with van der Waals surface area (Å²) in [5, 5.41) is 10.9. The van der Waals surface area contributed by atoms with Crippen molar-refractivity contribution in [3.05, 3.63) is 56.8 Å². The molecule has 2 aromatic carbocycles. The molecule has 0 radical (unpaired) electrons. The number of halogens is 3. The van der Waals surface area contributed by atoms with E-state index < -0.39 is 11.9 Å². The van der Waals surface area contributed by atoms with Crippen molar-refractivity contribution in [2.75, 3.05) is 14.2 Å². The lowest BCUT2D eigenvalue weighted by atomic mass is 10.00. The second kappa shape index (κ2) is 6.64. The number of ether oxygens (including phenoxy) is 2. The van der Waals surface area contributed by atoms with Crippen LogP contribution < -0.4 is 9.47 Å². The maximum absolute atomic E-state index is 14.1. The molecule has 1 N–H and O–H groups in total. The lowest BCUT2D eigenvalue weighted by molar-refractivity contribution is 0.209. The van der Waals surface area contributed by atoms with Gasteiger partial charge in [-0.3, -0.25) is 0 Å². The predicted molar refractivity (Wildman–Crippen MR) is 82.7 cm³/mol. The minimum atomic E-state index is -1.21. The van der Waals surface area contributed by atoms with Crippen LogP contribution in [0.3, 0.4) is 0 Å². The van der Waals surface area contributed by atoms with Gasteiger partial charge in [0, 0.05) is 22.2 Å². The lowest BCUT2D eigenvalue weighted by Crippen LogP contribution is -2.05. The van der Waals surface area contributed by atoms with Crippen LogP contribution in [0.25, 0.3) is 0 Å². The highest BCUT2D eigenvalue weighted by atomic mass is 79.9. The Labute approximate surface area is 135 Å². The van der Waals surface area contributed by atoms with Gasteiger partial charge in [0.05, 0.1) is 18.7 Å². The van der Waals surface area contributed by atoms with Gasteiger partial charge < -0.3 is 14.6 Å². The molecule has 0 heterocycles. The van der Waals surface area contributed by atoms with Crippen molar-refractivity contribution in [2.45, 2.75) is 6.10 Å². The van der Waals surface area contributed by atoms with Crippen LogP contribution in [0, 0.1) is 5.82 Å². The lowest BCUT2D eigenvalue weighted by Gasteiger charge is -2.18. The summed E-state index contributed by atoms with van der Waals surface area (Å²) in [5.74, 6) is 0.213. The molecule has 21 heavy (non-hydrogen) atoms. The Morgan fingerprint density at radius 3 is 2.43 bits per heavy atom. The van der Waals surface area contributed by atoms with Crippen LogP contribution in [0.15, 0.2) is 34.8 Å². The van der Waals surface area contributed by atoms with Crippen LogP contribution in [-0.2, 0) is 0 Å². The Morgan fingerprint density at radius 2 is 1.86 bits per heavy atom. The Kier molecular flexibility index (Phi) is 5.08. The molecule has 1 unspecified atom stereocenters. The number of methoxy groups -OCH3 is 2. The average molecular weight is 376 g/mol. The first-order valence-corrected chi connectivity index (χ1v) is 7.19. The molecule has 0 saturated heterocycles. The second-order valence-electron chi connectivity index (χ2n) is 4.30. The van der Waals surface area contributed by atoms with E-state index in [1.807, 2.05) is 0 Å². The molecule has 0 spiro atoms. The average Bonchev–Trinajstić information content (AvgIpc) is 2.45. The summed E-state index contributed by atoms with van der Waals surface area (Å²) >= 11 is 9.29. The fourth-order valence-corrected chi connectivity index (χ4v) is 3.02. The van der Waals surface area contributed by atoms with Crippen molar-refractivity contribution in [2.24, 2.45) is 0 Å². The first-order valence-electron chi connectivity index (χ1n) is 6.02. The van der Waals surface area contributed by atoms with Crippen LogP contribution in [0.2, 0.25) is 5.02 Å². The van der Waals surface area contributed by atoms with E-state index in [4.69, 9.17) is 21.1 Å². The SMILES string of the molecule is COc1ccc(C(O)c2cc(Cl)cc(Br)c2OC)c(F)c1. The molecule has 3 nitrogen and oxygen atoms in total. The Hall–Kier alpha value is -1.30. The van der Waals surface area contributed by atoms with Crippen molar-refractivity contribution in [3.63, 3.8) is 0 Å². The van der Waals surface area contributed by atoms with Gasteiger partial charge in [0.15, 0.2) is 0 Å². The van der Waals surface area contributed by atoms with E-state index in [1.165, 1.54) is 26.4 Å². The van der Waals surface area contributed by atoms with Gasteiger partial charge in [-0.2, -0.15) is 0 Å². The van der Waals surface area contributed by atoms with Crippen molar-refractivity contribution < 1.29 is 19.0 Å². The molecule has 0 aliphatic rings. The quantitative estimate of drug-likeness (QED) is 0.864. The van der Waals surface area contributed by atoms with Gasteiger partial charge in [-0.15, -0.1) is 0 Å². The molecule has 0 saturated carbocycles. The molecule has 0 aliphatic heterocycles. The molecule has 2 rings (SSSR count). The maximum atomic E-state index is 14.1. The molecule has 0 amide bonds. The van der Waals surface area contributed by atoms with Gasteiger partial charge in [-0.25, -0.2) is 4.39 Å². The summed E-state index contributed by atoms with van der Waals surface area (Å²) in [7, 11) is 2.91. The minimum Gasteiger partial charge on any atom is -0.497 e. The van der Waals surface area contributed by atoms with Crippen molar-refractivity contribution >= 4 is 27.5 Å². The molecule has 112 valence electrons. The highest BCUT2D eigenvalue weighted by Crippen LogP contribution is 2.39. The third kappa shape index (κ3) is 3.31. The first-order chi connectivity index (χ1) is 9.97. The van der Waals surface area contributed by atoms with Crippen LogP contribution in [-0.4, -0.2) is 19.3 Å². The largest absolute Gasteiger partial charge is 0.497 e. The van der Waals surface area contributed by atoms with E-state index in [2.05, 4.69) is 15.9 Å². The smallest absolute Gasteiger partial charge is 0.139 e. The summed E-state index contributed by atoms with van der Waals surface area (Å²) in [6.07, 6.45) is -1.21. The minimum absolute atomic E-state index is 0.114. The monoisotopic (exact) mass is 374 g/mol. The van der Waals surface area contributed by atoms with Gasteiger partial charge in [0.1, 0.15) is 23.4 Å². The van der Waals surface area contributed by atoms with Gasteiger partial charge in [-0.1, -0.05) is 11.6 Å². The van der Waals surface area contributed by atoms with E-state index in [9.17, 15) is 9.50 Å². The second-order valence-corrected chi connectivity index (χ2v) is 5.59. The molecule has 2 aromatic rings. The number of hydrogen-bond donors (Lipinski definition) is 1. The summed E-state index contributed by atoms with van der Waals surface area (Å²) < 4.78 is 24.9. The van der Waals surface area contributed by atoms with Crippen LogP contribution in [0.1, 0.15) is 17.2 Å². The van der Waals surface area contributed by atoms with E-state index >= 15 is 0 Å². The zero-order valence-electron chi connectivity index (χ0n) is 11.4. The Morgan fingerprint density at radius 1 is 1.14 bits per heavy atom.